The van der Waals surface area contributed by atoms with Gasteiger partial charge in [0.25, 0.3) is 5.91 Å². The second-order valence-electron chi connectivity index (χ2n) is 8.95. The molecule has 0 radical (unpaired) electrons. The van der Waals surface area contributed by atoms with Crippen LogP contribution in [-0.4, -0.2) is 34.3 Å². The van der Waals surface area contributed by atoms with Crippen molar-refractivity contribution in [2.75, 3.05) is 0 Å². The summed E-state index contributed by atoms with van der Waals surface area (Å²) < 4.78 is 6.64. The highest BCUT2D eigenvalue weighted by atomic mass is 79.9. The molecule has 1 spiro atoms. The lowest BCUT2D eigenvalue weighted by atomic mass is 9.65. The summed E-state index contributed by atoms with van der Waals surface area (Å²) in [5.41, 5.74) is 2.83. The minimum atomic E-state index is -0.925. The number of amides is 2. The molecule has 0 bridgehead atoms. The lowest BCUT2D eigenvalue weighted by Gasteiger charge is -2.45. The minimum Gasteiger partial charge on any atom is -0.435 e. The summed E-state index contributed by atoms with van der Waals surface area (Å²) in [6.07, 6.45) is 3.01. The monoisotopic (exact) mass is 534 g/mol. The Morgan fingerprint density at radius 3 is 2.60 bits per heavy atom. The fourth-order valence-electron chi connectivity index (χ4n) is 4.77. The number of nitrogens with zero attached hydrogens (tertiary/aromatic N) is 4. The van der Waals surface area contributed by atoms with E-state index < -0.39 is 17.1 Å². The predicted octanol–water partition coefficient (Wildman–Crippen LogP) is 4.19. The zero-order chi connectivity index (χ0) is 25.1. The highest BCUT2D eigenvalue weighted by molar-refractivity contribution is 9.10. The van der Waals surface area contributed by atoms with Gasteiger partial charge in [0.05, 0.1) is 17.0 Å². The standard InChI is InChI=1S/C25H23BrN6O3/c1-16(30-22(33)20-7-6-17(13-27)14-29-20)12-24(15-28)8-10-25(11-9-24)21(31-32-23(34)35-25)18-4-2-3-5-19(18)26/h2-7,14,16H,8-12H2,1H3,(H,30,33)(H,32,34)/t16-,24?,25?/m0/s1. The number of carbonyl (C=O) groups is 2. The SMILES string of the molecule is C[C@@H](CC1(C#N)CCC2(CC1)OC(=O)NN=C2c1ccccc1Br)NC(=O)c1ccc(C#N)cn1. The lowest BCUT2D eigenvalue weighted by molar-refractivity contribution is 0.00353. The number of carbonyl (C=O) groups excluding carboxylic acids is 2. The Morgan fingerprint density at radius 1 is 1.23 bits per heavy atom. The van der Waals surface area contributed by atoms with E-state index >= 15 is 0 Å². The number of hydrogen-bond acceptors (Lipinski definition) is 7. The average Bonchev–Trinajstić information content (AvgIpc) is 2.86. The zero-order valence-electron chi connectivity index (χ0n) is 19.0. The number of nitriles is 2. The zero-order valence-corrected chi connectivity index (χ0v) is 20.6. The number of hydrogen-bond donors (Lipinski definition) is 2. The van der Waals surface area contributed by atoms with Crippen molar-refractivity contribution >= 4 is 33.6 Å². The van der Waals surface area contributed by atoms with Gasteiger partial charge in [0, 0.05) is 22.3 Å². The third-order valence-electron chi connectivity index (χ3n) is 6.56. The lowest BCUT2D eigenvalue weighted by Crippen LogP contribution is -2.54. The summed E-state index contributed by atoms with van der Waals surface area (Å²) in [4.78, 5) is 28.7. The average molecular weight is 535 g/mol. The van der Waals surface area contributed by atoms with Crippen molar-refractivity contribution in [3.63, 3.8) is 0 Å². The molecule has 178 valence electrons. The fraction of sp³-hybridized carbons (Fsp3) is 0.360. The summed E-state index contributed by atoms with van der Waals surface area (Å²) in [6, 6.07) is 14.8. The van der Waals surface area contributed by atoms with E-state index in [0.717, 1.165) is 10.0 Å². The van der Waals surface area contributed by atoms with Gasteiger partial charge in [-0.1, -0.05) is 34.1 Å². The summed E-state index contributed by atoms with van der Waals surface area (Å²) in [5, 5.41) is 26.2. The van der Waals surface area contributed by atoms with Crippen LogP contribution in [0.1, 0.15) is 60.6 Å². The number of pyridine rings is 1. The topological polar surface area (TPSA) is 140 Å². The molecule has 2 aromatic rings. The molecule has 1 aliphatic carbocycles. The molecule has 4 rings (SSSR count). The molecule has 10 heteroatoms. The first-order valence-electron chi connectivity index (χ1n) is 11.2. The van der Waals surface area contributed by atoms with Crippen LogP contribution < -0.4 is 10.7 Å². The van der Waals surface area contributed by atoms with E-state index in [0.29, 0.717) is 43.4 Å². The summed E-state index contributed by atoms with van der Waals surface area (Å²) in [5.74, 6) is -0.363. The van der Waals surface area contributed by atoms with E-state index in [2.05, 4.69) is 42.8 Å². The third kappa shape index (κ3) is 5.03. The van der Waals surface area contributed by atoms with Crippen LogP contribution in [0.5, 0.6) is 0 Å². The largest absolute Gasteiger partial charge is 0.435 e. The van der Waals surface area contributed by atoms with Crippen LogP contribution in [0.25, 0.3) is 0 Å². The molecule has 0 unspecified atom stereocenters. The molecule has 2 heterocycles. The number of aromatic nitrogens is 1. The summed E-state index contributed by atoms with van der Waals surface area (Å²) in [6.45, 7) is 1.85. The Hall–Kier alpha value is -3.76. The Morgan fingerprint density at radius 2 is 1.97 bits per heavy atom. The maximum absolute atomic E-state index is 12.6. The molecule has 1 aromatic heterocycles. The van der Waals surface area contributed by atoms with Crippen LogP contribution in [0.2, 0.25) is 0 Å². The normalized spacial score (nSPS) is 24.2. The van der Waals surface area contributed by atoms with Crippen LogP contribution >= 0.6 is 15.9 Å². The van der Waals surface area contributed by atoms with E-state index in [1.165, 1.54) is 18.3 Å². The number of hydrazone groups is 1. The molecule has 2 N–H and O–H groups in total. The maximum Gasteiger partial charge on any atom is 0.428 e. The van der Waals surface area contributed by atoms with E-state index in [4.69, 9.17) is 10.00 Å². The van der Waals surface area contributed by atoms with Gasteiger partial charge in [0.1, 0.15) is 17.5 Å². The van der Waals surface area contributed by atoms with Gasteiger partial charge in [-0.05, 0) is 57.2 Å². The van der Waals surface area contributed by atoms with Gasteiger partial charge in [-0.25, -0.2) is 15.2 Å². The first kappa shape index (κ1) is 24.4. The summed E-state index contributed by atoms with van der Waals surface area (Å²) in [7, 11) is 0. The van der Waals surface area contributed by atoms with Crippen molar-refractivity contribution in [1.82, 2.24) is 15.7 Å². The van der Waals surface area contributed by atoms with E-state index in [9.17, 15) is 14.9 Å². The number of halogens is 1. The van der Waals surface area contributed by atoms with Gasteiger partial charge in [-0.2, -0.15) is 15.6 Å². The second kappa shape index (κ2) is 9.85. The smallest absolute Gasteiger partial charge is 0.428 e. The van der Waals surface area contributed by atoms with Crippen molar-refractivity contribution < 1.29 is 14.3 Å². The first-order valence-corrected chi connectivity index (χ1v) is 12.0. The van der Waals surface area contributed by atoms with Crippen LogP contribution in [0.4, 0.5) is 4.79 Å². The van der Waals surface area contributed by atoms with Crippen molar-refractivity contribution in [1.29, 1.82) is 10.5 Å². The third-order valence-corrected chi connectivity index (χ3v) is 7.25. The highest BCUT2D eigenvalue weighted by Crippen LogP contribution is 2.47. The second-order valence-corrected chi connectivity index (χ2v) is 9.80. The molecule has 1 aromatic carbocycles. The van der Waals surface area contributed by atoms with Crippen LogP contribution in [0.3, 0.4) is 0 Å². The summed E-state index contributed by atoms with van der Waals surface area (Å²) >= 11 is 3.55. The Balaban J connectivity index is 1.47. The molecular weight excluding hydrogens is 512 g/mol. The quantitative estimate of drug-likeness (QED) is 0.589. The molecule has 9 nitrogen and oxygen atoms in total. The Kier molecular flexibility index (Phi) is 6.86. The number of nitrogens with one attached hydrogen (secondary N) is 2. The van der Waals surface area contributed by atoms with Crippen molar-refractivity contribution in [3.8, 4) is 12.1 Å². The minimum absolute atomic E-state index is 0.209. The highest BCUT2D eigenvalue weighted by Gasteiger charge is 2.51. The van der Waals surface area contributed by atoms with Crippen molar-refractivity contribution in [2.45, 2.75) is 50.7 Å². The Labute approximate surface area is 211 Å². The molecule has 1 atom stereocenters. The number of benzene rings is 1. The van der Waals surface area contributed by atoms with Crippen LogP contribution in [-0.2, 0) is 4.74 Å². The van der Waals surface area contributed by atoms with Gasteiger partial charge in [-0.15, -0.1) is 0 Å². The van der Waals surface area contributed by atoms with Gasteiger partial charge in [-0.3, -0.25) is 4.79 Å². The van der Waals surface area contributed by atoms with Gasteiger partial charge in [0.2, 0.25) is 0 Å². The van der Waals surface area contributed by atoms with Crippen molar-refractivity contribution in [2.24, 2.45) is 10.5 Å². The van der Waals surface area contributed by atoms with Gasteiger partial charge < -0.3 is 10.1 Å². The first-order chi connectivity index (χ1) is 16.8. The molecule has 1 fully saturated rings. The predicted molar refractivity (Wildman–Crippen MR) is 130 cm³/mol. The molecule has 1 aliphatic heterocycles. The maximum atomic E-state index is 12.6. The molecule has 0 saturated heterocycles. The molecular formula is C25H23BrN6O3. The van der Waals surface area contributed by atoms with E-state index in [-0.39, 0.29) is 17.6 Å². The van der Waals surface area contributed by atoms with E-state index in [1.54, 1.807) is 0 Å². The molecule has 1 saturated carbocycles. The van der Waals surface area contributed by atoms with Crippen molar-refractivity contribution in [3.05, 3.63) is 63.9 Å². The number of ether oxygens (including phenoxy) is 1. The van der Waals surface area contributed by atoms with Gasteiger partial charge in [0.15, 0.2) is 5.60 Å². The fourth-order valence-corrected chi connectivity index (χ4v) is 5.25. The van der Waals surface area contributed by atoms with Crippen LogP contribution in [0.15, 0.2) is 52.2 Å². The van der Waals surface area contributed by atoms with Gasteiger partial charge >= 0.3 is 6.09 Å². The molecule has 2 aliphatic rings. The molecule has 35 heavy (non-hydrogen) atoms. The van der Waals surface area contributed by atoms with Crippen LogP contribution in [0, 0.1) is 28.1 Å². The molecule has 2 amide bonds. The van der Waals surface area contributed by atoms with E-state index in [1.807, 2.05) is 37.3 Å². The number of rotatable bonds is 5. The Bertz CT molecular complexity index is 1250.